The predicted molar refractivity (Wildman–Crippen MR) is 72.1 cm³/mol. The standard InChI is InChI=1S/C13H13N5O/c1-2-19-13-11(15)12(16-8-17-13)18-10-6-4-3-5-9(10)7-14/h3-6,8H,2,15H2,1H3,(H,16,17,18). The molecule has 0 atom stereocenters. The van der Waals surface area contributed by atoms with E-state index in [0.717, 1.165) is 0 Å². The molecule has 0 saturated heterocycles. The lowest BCUT2D eigenvalue weighted by atomic mass is 10.2. The number of nitrogens with zero attached hydrogens (tertiary/aromatic N) is 3. The second-order valence-corrected chi connectivity index (χ2v) is 3.66. The number of benzene rings is 1. The van der Waals surface area contributed by atoms with Gasteiger partial charge >= 0.3 is 0 Å². The van der Waals surface area contributed by atoms with Crippen LogP contribution in [0.4, 0.5) is 17.2 Å². The van der Waals surface area contributed by atoms with E-state index in [1.807, 2.05) is 13.0 Å². The zero-order valence-electron chi connectivity index (χ0n) is 10.4. The number of hydrogen-bond acceptors (Lipinski definition) is 6. The van der Waals surface area contributed by atoms with Gasteiger partial charge in [0.25, 0.3) is 0 Å². The maximum absolute atomic E-state index is 9.03. The van der Waals surface area contributed by atoms with E-state index in [-0.39, 0.29) is 0 Å². The summed E-state index contributed by atoms with van der Waals surface area (Å²) in [5, 5.41) is 12.0. The van der Waals surface area contributed by atoms with Gasteiger partial charge in [0, 0.05) is 0 Å². The van der Waals surface area contributed by atoms with Gasteiger partial charge in [0.2, 0.25) is 5.88 Å². The number of rotatable bonds is 4. The molecule has 0 aliphatic rings. The molecule has 0 radical (unpaired) electrons. The summed E-state index contributed by atoms with van der Waals surface area (Å²) in [6, 6.07) is 9.20. The molecule has 1 aromatic heterocycles. The molecule has 2 aromatic rings. The monoisotopic (exact) mass is 255 g/mol. The van der Waals surface area contributed by atoms with Gasteiger partial charge in [0.15, 0.2) is 5.82 Å². The van der Waals surface area contributed by atoms with Crippen molar-refractivity contribution in [2.75, 3.05) is 17.7 Å². The summed E-state index contributed by atoms with van der Waals surface area (Å²) in [5.74, 6) is 0.746. The minimum atomic E-state index is 0.317. The number of anilines is 3. The van der Waals surface area contributed by atoms with Crippen LogP contribution in [-0.4, -0.2) is 16.6 Å². The van der Waals surface area contributed by atoms with Crippen molar-refractivity contribution in [3.63, 3.8) is 0 Å². The van der Waals surface area contributed by atoms with Crippen LogP contribution in [0.25, 0.3) is 0 Å². The number of hydrogen-bond donors (Lipinski definition) is 2. The van der Waals surface area contributed by atoms with Crippen molar-refractivity contribution in [3.05, 3.63) is 36.2 Å². The summed E-state index contributed by atoms with van der Waals surface area (Å²) >= 11 is 0. The zero-order valence-corrected chi connectivity index (χ0v) is 10.4. The van der Waals surface area contributed by atoms with Crippen LogP contribution in [0.3, 0.4) is 0 Å². The maximum Gasteiger partial charge on any atom is 0.242 e. The van der Waals surface area contributed by atoms with Crippen molar-refractivity contribution in [2.45, 2.75) is 6.92 Å². The number of nitrogens with one attached hydrogen (secondary N) is 1. The van der Waals surface area contributed by atoms with Gasteiger partial charge in [-0.25, -0.2) is 4.98 Å². The molecule has 0 bridgehead atoms. The van der Waals surface area contributed by atoms with E-state index in [2.05, 4.69) is 21.4 Å². The molecule has 0 fully saturated rings. The summed E-state index contributed by atoms with van der Waals surface area (Å²) in [5.41, 5.74) is 7.38. The van der Waals surface area contributed by atoms with E-state index in [4.69, 9.17) is 15.7 Å². The fourth-order valence-corrected chi connectivity index (χ4v) is 1.55. The van der Waals surface area contributed by atoms with Crippen molar-refractivity contribution >= 4 is 17.2 Å². The maximum atomic E-state index is 9.03. The molecule has 0 aliphatic carbocycles. The van der Waals surface area contributed by atoms with Gasteiger partial charge in [0.1, 0.15) is 18.1 Å². The Bertz CT molecular complexity index is 621. The number of para-hydroxylation sites is 1. The molecule has 19 heavy (non-hydrogen) atoms. The van der Waals surface area contributed by atoms with Crippen molar-refractivity contribution in [2.24, 2.45) is 0 Å². The quantitative estimate of drug-likeness (QED) is 0.868. The summed E-state index contributed by atoms with van der Waals surface area (Å²) in [6.07, 6.45) is 1.36. The number of nitriles is 1. The number of nitrogen functional groups attached to an aromatic ring is 1. The van der Waals surface area contributed by atoms with Gasteiger partial charge in [-0.1, -0.05) is 12.1 Å². The molecule has 3 N–H and O–H groups in total. The Balaban J connectivity index is 2.34. The Hall–Kier alpha value is -2.81. The first-order chi connectivity index (χ1) is 9.26. The summed E-state index contributed by atoms with van der Waals surface area (Å²) in [6.45, 7) is 2.31. The van der Waals surface area contributed by atoms with E-state index in [9.17, 15) is 0 Å². The molecule has 0 spiro atoms. The van der Waals surface area contributed by atoms with Crippen LogP contribution >= 0.6 is 0 Å². The van der Waals surface area contributed by atoms with E-state index in [1.54, 1.807) is 18.2 Å². The topological polar surface area (TPSA) is 96.9 Å². The Morgan fingerprint density at radius 2 is 2.16 bits per heavy atom. The van der Waals surface area contributed by atoms with E-state index in [1.165, 1.54) is 6.33 Å². The molecule has 96 valence electrons. The fraction of sp³-hybridized carbons (Fsp3) is 0.154. The number of ether oxygens (including phenoxy) is 1. The van der Waals surface area contributed by atoms with Gasteiger partial charge < -0.3 is 15.8 Å². The Labute approximate surface area is 110 Å². The van der Waals surface area contributed by atoms with Crippen LogP contribution in [0.15, 0.2) is 30.6 Å². The second-order valence-electron chi connectivity index (χ2n) is 3.66. The highest BCUT2D eigenvalue weighted by atomic mass is 16.5. The minimum absolute atomic E-state index is 0.317. The Kier molecular flexibility index (Phi) is 3.78. The highest BCUT2D eigenvalue weighted by molar-refractivity contribution is 5.74. The molecule has 6 nitrogen and oxygen atoms in total. The number of aromatic nitrogens is 2. The average molecular weight is 255 g/mol. The molecule has 2 rings (SSSR count). The number of nitrogens with two attached hydrogens (primary N) is 1. The fourth-order valence-electron chi connectivity index (χ4n) is 1.55. The first-order valence-corrected chi connectivity index (χ1v) is 5.75. The summed E-state index contributed by atoms with van der Waals surface area (Å²) in [7, 11) is 0. The lowest BCUT2D eigenvalue weighted by molar-refractivity contribution is 0.328. The zero-order chi connectivity index (χ0) is 13.7. The summed E-state index contributed by atoms with van der Waals surface area (Å²) in [4.78, 5) is 8.00. The first-order valence-electron chi connectivity index (χ1n) is 5.75. The van der Waals surface area contributed by atoms with Crippen LogP contribution in [-0.2, 0) is 0 Å². The third-order valence-corrected chi connectivity index (χ3v) is 2.43. The van der Waals surface area contributed by atoms with Crippen LogP contribution in [0.5, 0.6) is 5.88 Å². The third-order valence-electron chi connectivity index (χ3n) is 2.43. The SMILES string of the molecule is CCOc1ncnc(Nc2ccccc2C#N)c1N. The van der Waals surface area contributed by atoms with Gasteiger partial charge in [-0.05, 0) is 19.1 Å². The summed E-state index contributed by atoms with van der Waals surface area (Å²) < 4.78 is 5.29. The highest BCUT2D eigenvalue weighted by Crippen LogP contribution is 2.28. The van der Waals surface area contributed by atoms with Crippen LogP contribution in [0.2, 0.25) is 0 Å². The van der Waals surface area contributed by atoms with Gasteiger partial charge in [-0.3, -0.25) is 0 Å². The molecule has 6 heteroatoms. The molecule has 0 amide bonds. The Morgan fingerprint density at radius 3 is 2.89 bits per heavy atom. The van der Waals surface area contributed by atoms with Gasteiger partial charge in [0.05, 0.1) is 17.9 Å². The van der Waals surface area contributed by atoms with E-state index >= 15 is 0 Å². The average Bonchev–Trinajstić information content (AvgIpc) is 2.44. The first kappa shape index (κ1) is 12.6. The van der Waals surface area contributed by atoms with Crippen molar-refractivity contribution in [1.29, 1.82) is 5.26 Å². The van der Waals surface area contributed by atoms with Crippen LogP contribution in [0, 0.1) is 11.3 Å². The molecule has 0 unspecified atom stereocenters. The van der Waals surface area contributed by atoms with Crippen LogP contribution in [0.1, 0.15) is 12.5 Å². The Morgan fingerprint density at radius 1 is 1.37 bits per heavy atom. The second kappa shape index (κ2) is 5.69. The van der Waals surface area contributed by atoms with E-state index in [0.29, 0.717) is 35.2 Å². The lowest BCUT2D eigenvalue weighted by Gasteiger charge is -2.11. The molecular formula is C13H13N5O. The largest absolute Gasteiger partial charge is 0.476 e. The molecule has 0 aliphatic heterocycles. The van der Waals surface area contributed by atoms with Crippen molar-refractivity contribution in [1.82, 2.24) is 9.97 Å². The molecular weight excluding hydrogens is 242 g/mol. The normalized spacial score (nSPS) is 9.68. The molecule has 1 aromatic carbocycles. The highest BCUT2D eigenvalue weighted by Gasteiger charge is 2.10. The lowest BCUT2D eigenvalue weighted by Crippen LogP contribution is -2.05. The predicted octanol–water partition coefficient (Wildman–Crippen LogP) is 2.07. The smallest absolute Gasteiger partial charge is 0.242 e. The third kappa shape index (κ3) is 2.72. The van der Waals surface area contributed by atoms with Gasteiger partial charge in [-0.2, -0.15) is 10.2 Å². The van der Waals surface area contributed by atoms with E-state index < -0.39 is 0 Å². The van der Waals surface area contributed by atoms with Crippen molar-refractivity contribution in [3.8, 4) is 11.9 Å². The molecule has 0 saturated carbocycles. The minimum Gasteiger partial charge on any atom is -0.476 e. The molecule has 1 heterocycles. The van der Waals surface area contributed by atoms with Crippen molar-refractivity contribution < 1.29 is 4.74 Å². The van der Waals surface area contributed by atoms with Crippen LogP contribution < -0.4 is 15.8 Å². The van der Waals surface area contributed by atoms with Gasteiger partial charge in [-0.15, -0.1) is 0 Å².